The molecule has 0 aliphatic heterocycles. The minimum atomic E-state index is 0.585. The third-order valence-electron chi connectivity index (χ3n) is 1.80. The fourth-order valence-corrected chi connectivity index (χ4v) is 1.49. The van der Waals surface area contributed by atoms with E-state index in [1.165, 1.54) is 0 Å². The average molecular weight is 203 g/mol. The van der Waals surface area contributed by atoms with Crippen molar-refractivity contribution < 1.29 is 0 Å². The van der Waals surface area contributed by atoms with Crippen LogP contribution in [0.15, 0.2) is 30.5 Å². The Kier molecular flexibility index (Phi) is 2.37. The molecule has 1 N–H and O–H groups in total. The molecule has 2 aromatic heterocycles. The van der Waals surface area contributed by atoms with Crippen LogP contribution in [0.5, 0.6) is 0 Å². The van der Waals surface area contributed by atoms with Crippen molar-refractivity contribution in [2.75, 3.05) is 0 Å². The maximum Gasteiger partial charge on any atom is 0.130 e. The van der Waals surface area contributed by atoms with E-state index in [0.717, 1.165) is 17.2 Å². The molecule has 0 saturated heterocycles. The summed E-state index contributed by atoms with van der Waals surface area (Å²) in [4.78, 5) is 11.4. The summed E-state index contributed by atoms with van der Waals surface area (Å²) in [6.45, 7) is 1.88. The lowest BCUT2D eigenvalue weighted by molar-refractivity contribution is 1.04. The number of H-pyrrole nitrogens is 1. The SMILES string of the molecule is Cc1nc(=S)cc(-c2ccccn2)[nH]1. The van der Waals surface area contributed by atoms with Crippen LogP contribution >= 0.6 is 12.2 Å². The fraction of sp³-hybridized carbons (Fsp3) is 0.100. The van der Waals surface area contributed by atoms with Gasteiger partial charge in [0.1, 0.15) is 10.5 Å². The van der Waals surface area contributed by atoms with Crippen LogP contribution < -0.4 is 0 Å². The standard InChI is InChI=1S/C10H9N3S/c1-7-12-9(6-10(14)13-7)8-4-2-3-5-11-8/h2-6H,1H3,(H,12,13,14). The van der Waals surface area contributed by atoms with E-state index in [4.69, 9.17) is 12.2 Å². The summed E-state index contributed by atoms with van der Waals surface area (Å²) in [6.07, 6.45) is 1.75. The van der Waals surface area contributed by atoms with Gasteiger partial charge in [-0.05, 0) is 19.1 Å². The molecule has 2 aromatic rings. The molecule has 2 rings (SSSR count). The highest BCUT2D eigenvalue weighted by molar-refractivity contribution is 7.71. The van der Waals surface area contributed by atoms with Crippen molar-refractivity contribution in [1.29, 1.82) is 0 Å². The third kappa shape index (κ3) is 1.85. The number of aryl methyl sites for hydroxylation is 1. The molecule has 2 heterocycles. The largest absolute Gasteiger partial charge is 0.342 e. The zero-order valence-electron chi connectivity index (χ0n) is 7.69. The second-order valence-electron chi connectivity index (χ2n) is 2.93. The lowest BCUT2D eigenvalue weighted by Crippen LogP contribution is -1.92. The quantitative estimate of drug-likeness (QED) is 0.724. The van der Waals surface area contributed by atoms with Gasteiger partial charge in [-0.1, -0.05) is 18.3 Å². The zero-order chi connectivity index (χ0) is 9.97. The van der Waals surface area contributed by atoms with Crippen LogP contribution in [0.25, 0.3) is 11.4 Å². The van der Waals surface area contributed by atoms with Crippen LogP contribution in [0.1, 0.15) is 5.82 Å². The van der Waals surface area contributed by atoms with E-state index in [9.17, 15) is 0 Å². The molecular formula is C10H9N3S. The van der Waals surface area contributed by atoms with Gasteiger partial charge in [-0.25, -0.2) is 4.98 Å². The Morgan fingerprint density at radius 1 is 1.36 bits per heavy atom. The summed E-state index contributed by atoms with van der Waals surface area (Å²) < 4.78 is 0.585. The van der Waals surface area contributed by atoms with E-state index in [1.807, 2.05) is 31.2 Å². The molecule has 0 unspecified atom stereocenters. The van der Waals surface area contributed by atoms with Crippen molar-refractivity contribution in [1.82, 2.24) is 15.0 Å². The normalized spacial score (nSPS) is 10.1. The second-order valence-corrected chi connectivity index (χ2v) is 3.35. The maximum atomic E-state index is 5.03. The third-order valence-corrected chi connectivity index (χ3v) is 2.01. The van der Waals surface area contributed by atoms with E-state index >= 15 is 0 Å². The molecular weight excluding hydrogens is 194 g/mol. The summed E-state index contributed by atoms with van der Waals surface area (Å²) in [5.74, 6) is 0.804. The van der Waals surface area contributed by atoms with Gasteiger partial charge in [-0.2, -0.15) is 0 Å². The fourth-order valence-electron chi connectivity index (χ4n) is 1.24. The molecule has 0 bridgehead atoms. The maximum absolute atomic E-state index is 5.03. The molecule has 4 heteroatoms. The van der Waals surface area contributed by atoms with Crippen molar-refractivity contribution in [2.45, 2.75) is 6.92 Å². The van der Waals surface area contributed by atoms with Crippen LogP contribution in [0.2, 0.25) is 0 Å². The monoisotopic (exact) mass is 203 g/mol. The Balaban J connectivity index is 2.58. The predicted octanol–water partition coefficient (Wildman–Crippen LogP) is 2.51. The van der Waals surface area contributed by atoms with Gasteiger partial charge in [-0.15, -0.1) is 0 Å². The zero-order valence-corrected chi connectivity index (χ0v) is 8.51. The van der Waals surface area contributed by atoms with Crippen molar-refractivity contribution in [3.8, 4) is 11.4 Å². The predicted molar refractivity (Wildman–Crippen MR) is 57.4 cm³/mol. The Morgan fingerprint density at radius 3 is 2.86 bits per heavy atom. The van der Waals surface area contributed by atoms with Gasteiger partial charge >= 0.3 is 0 Å². The van der Waals surface area contributed by atoms with Crippen molar-refractivity contribution in [3.63, 3.8) is 0 Å². The lowest BCUT2D eigenvalue weighted by atomic mass is 10.2. The number of hydrogen-bond donors (Lipinski definition) is 1. The number of nitrogens with zero attached hydrogens (tertiary/aromatic N) is 2. The van der Waals surface area contributed by atoms with Gasteiger partial charge in [0.25, 0.3) is 0 Å². The molecule has 70 valence electrons. The molecule has 0 spiro atoms. The van der Waals surface area contributed by atoms with Crippen molar-refractivity contribution in [2.24, 2.45) is 0 Å². The van der Waals surface area contributed by atoms with Crippen LogP contribution in [0.4, 0.5) is 0 Å². The van der Waals surface area contributed by atoms with E-state index < -0.39 is 0 Å². The number of rotatable bonds is 1. The van der Waals surface area contributed by atoms with Gasteiger partial charge in [0.05, 0.1) is 11.4 Å². The topological polar surface area (TPSA) is 41.6 Å². The lowest BCUT2D eigenvalue weighted by Gasteiger charge is -2.01. The van der Waals surface area contributed by atoms with E-state index in [1.54, 1.807) is 6.20 Å². The van der Waals surface area contributed by atoms with Gasteiger partial charge in [-0.3, -0.25) is 4.98 Å². The first-order chi connectivity index (χ1) is 6.75. The molecule has 3 nitrogen and oxygen atoms in total. The highest BCUT2D eigenvalue weighted by atomic mass is 32.1. The van der Waals surface area contributed by atoms with E-state index in [0.29, 0.717) is 4.64 Å². The Morgan fingerprint density at radius 2 is 2.21 bits per heavy atom. The van der Waals surface area contributed by atoms with Gasteiger partial charge < -0.3 is 4.98 Å². The Bertz CT molecular complexity index is 490. The van der Waals surface area contributed by atoms with Crippen LogP contribution in [-0.4, -0.2) is 15.0 Å². The number of hydrogen-bond acceptors (Lipinski definition) is 3. The summed E-state index contributed by atoms with van der Waals surface area (Å²) in [5, 5.41) is 0. The molecule has 0 atom stereocenters. The number of aromatic nitrogens is 3. The molecule has 0 aliphatic carbocycles. The molecule has 0 aliphatic rings. The molecule has 0 saturated carbocycles. The highest BCUT2D eigenvalue weighted by Gasteiger charge is 1.99. The Labute approximate surface area is 86.9 Å². The van der Waals surface area contributed by atoms with Gasteiger partial charge in [0.15, 0.2) is 0 Å². The van der Waals surface area contributed by atoms with Crippen molar-refractivity contribution >= 4 is 12.2 Å². The minimum absolute atomic E-state index is 0.585. The van der Waals surface area contributed by atoms with E-state index in [-0.39, 0.29) is 0 Å². The summed E-state index contributed by atoms with van der Waals surface area (Å²) in [7, 11) is 0. The first-order valence-electron chi connectivity index (χ1n) is 4.25. The molecule has 0 amide bonds. The highest BCUT2D eigenvalue weighted by Crippen LogP contribution is 2.12. The Hall–Kier alpha value is -1.55. The summed E-state index contributed by atoms with van der Waals surface area (Å²) in [5.41, 5.74) is 1.78. The number of nitrogens with one attached hydrogen (secondary N) is 1. The minimum Gasteiger partial charge on any atom is -0.342 e. The van der Waals surface area contributed by atoms with Crippen LogP contribution in [0, 0.1) is 11.6 Å². The van der Waals surface area contributed by atoms with E-state index in [2.05, 4.69) is 15.0 Å². The first kappa shape index (κ1) is 9.02. The first-order valence-corrected chi connectivity index (χ1v) is 4.66. The second kappa shape index (κ2) is 3.67. The van der Waals surface area contributed by atoms with Gasteiger partial charge in [0, 0.05) is 12.3 Å². The van der Waals surface area contributed by atoms with Crippen LogP contribution in [0.3, 0.4) is 0 Å². The number of pyridine rings is 1. The molecule has 0 fully saturated rings. The summed E-state index contributed by atoms with van der Waals surface area (Å²) >= 11 is 5.03. The van der Waals surface area contributed by atoms with Gasteiger partial charge in [0.2, 0.25) is 0 Å². The smallest absolute Gasteiger partial charge is 0.130 e. The van der Waals surface area contributed by atoms with Crippen LogP contribution in [-0.2, 0) is 0 Å². The number of aromatic amines is 1. The summed E-state index contributed by atoms with van der Waals surface area (Å²) in [6, 6.07) is 7.56. The molecule has 0 aromatic carbocycles. The molecule has 14 heavy (non-hydrogen) atoms. The average Bonchev–Trinajstić information content (AvgIpc) is 2.18. The van der Waals surface area contributed by atoms with Crippen molar-refractivity contribution in [3.05, 3.63) is 40.9 Å². The molecule has 0 radical (unpaired) electrons.